The first kappa shape index (κ1) is 26.4. The number of aliphatic hydroxyl groups is 1. The molecule has 0 aliphatic heterocycles. The number of allylic oxidation sites excluding steroid dienone is 2. The van der Waals surface area contributed by atoms with E-state index >= 15 is 0 Å². The largest absolute Gasteiger partial charge is 0.497 e. The Balaban J connectivity index is 2.20. The summed E-state index contributed by atoms with van der Waals surface area (Å²) < 4.78 is 16.3. The number of carbonyl (C=O) groups is 2. The van der Waals surface area contributed by atoms with Gasteiger partial charge in [0.05, 0.1) is 13.7 Å². The van der Waals surface area contributed by atoms with Crippen LogP contribution in [-0.2, 0) is 9.53 Å². The van der Waals surface area contributed by atoms with Gasteiger partial charge in [-0.3, -0.25) is 15.3 Å². The Morgan fingerprint density at radius 3 is 2.29 bits per heavy atom. The molecule has 2 aromatic rings. The Morgan fingerprint density at radius 1 is 1.06 bits per heavy atom. The lowest BCUT2D eigenvalue weighted by molar-refractivity contribution is -0.124. The summed E-state index contributed by atoms with van der Waals surface area (Å²) in [4.78, 5) is 24.0. The molecule has 0 saturated carbocycles. The number of hydrogen-bond acceptors (Lipinski definition) is 7. The number of ether oxygens (including phenoxy) is 3. The third-order valence-corrected chi connectivity index (χ3v) is 4.75. The molecule has 4 N–H and O–H groups in total. The minimum atomic E-state index is -0.652. The fourth-order valence-electron chi connectivity index (χ4n) is 3.02. The molecule has 9 nitrogen and oxygen atoms in total. The van der Waals surface area contributed by atoms with Crippen molar-refractivity contribution in [1.82, 2.24) is 5.48 Å². The van der Waals surface area contributed by atoms with E-state index in [1.807, 2.05) is 6.92 Å². The van der Waals surface area contributed by atoms with Gasteiger partial charge in [-0.05, 0) is 54.5 Å². The molecular formula is C25H30N2O7. The van der Waals surface area contributed by atoms with Crippen molar-refractivity contribution in [3.05, 3.63) is 77.9 Å². The molecule has 0 heterocycles. The average molecular weight is 471 g/mol. The van der Waals surface area contributed by atoms with Gasteiger partial charge in [0.1, 0.15) is 24.2 Å². The van der Waals surface area contributed by atoms with Gasteiger partial charge >= 0.3 is 6.09 Å². The predicted octanol–water partition coefficient (Wildman–Crippen LogP) is 4.00. The number of benzene rings is 2. The molecule has 182 valence electrons. The molecule has 0 bridgehead atoms. The highest BCUT2D eigenvalue weighted by Gasteiger charge is 2.22. The van der Waals surface area contributed by atoms with Crippen LogP contribution in [0.5, 0.6) is 11.5 Å². The second-order valence-electron chi connectivity index (χ2n) is 7.40. The maximum Gasteiger partial charge on any atom is 0.412 e. The number of carbonyl (C=O) groups excluding carboxylic acids is 2. The van der Waals surface area contributed by atoms with Crippen LogP contribution in [0.3, 0.4) is 0 Å². The summed E-state index contributed by atoms with van der Waals surface area (Å²) >= 11 is 0. The quantitative estimate of drug-likeness (QED) is 0.169. The van der Waals surface area contributed by atoms with Crippen molar-refractivity contribution in [2.75, 3.05) is 25.6 Å². The molecule has 0 aromatic heterocycles. The highest BCUT2D eigenvalue weighted by Crippen LogP contribution is 2.30. The van der Waals surface area contributed by atoms with Gasteiger partial charge in [-0.15, -0.1) is 0 Å². The van der Waals surface area contributed by atoms with Gasteiger partial charge in [-0.2, -0.15) is 0 Å². The van der Waals surface area contributed by atoms with Crippen molar-refractivity contribution in [3.63, 3.8) is 0 Å². The van der Waals surface area contributed by atoms with Gasteiger partial charge < -0.3 is 19.3 Å². The monoisotopic (exact) mass is 470 g/mol. The minimum Gasteiger partial charge on any atom is -0.497 e. The summed E-state index contributed by atoms with van der Waals surface area (Å²) in [5, 5.41) is 20.3. The van der Waals surface area contributed by atoms with E-state index in [1.54, 1.807) is 80.2 Å². The van der Waals surface area contributed by atoms with Crippen molar-refractivity contribution in [2.45, 2.75) is 20.0 Å². The SMILES string of the molecule is COc1ccc(NC(=O)O[C@@H](c2ccc(OCCO)cc2)[C@@H](C)/C=C/C(C)=C/C(=O)NO)cc1. The highest BCUT2D eigenvalue weighted by atomic mass is 16.6. The van der Waals surface area contributed by atoms with Crippen molar-refractivity contribution in [1.29, 1.82) is 0 Å². The van der Waals surface area contributed by atoms with Crippen LogP contribution in [0.15, 0.2) is 72.3 Å². The van der Waals surface area contributed by atoms with Gasteiger partial charge in [0, 0.05) is 17.7 Å². The number of rotatable bonds is 11. The van der Waals surface area contributed by atoms with Crippen LogP contribution >= 0.6 is 0 Å². The van der Waals surface area contributed by atoms with Crippen LogP contribution in [0.25, 0.3) is 0 Å². The van der Waals surface area contributed by atoms with Gasteiger partial charge in [0.2, 0.25) is 0 Å². The van der Waals surface area contributed by atoms with E-state index in [9.17, 15) is 9.59 Å². The molecule has 34 heavy (non-hydrogen) atoms. The lowest BCUT2D eigenvalue weighted by atomic mass is 9.96. The third-order valence-electron chi connectivity index (χ3n) is 4.75. The van der Waals surface area contributed by atoms with Crippen molar-refractivity contribution < 1.29 is 34.1 Å². The van der Waals surface area contributed by atoms with E-state index in [2.05, 4.69) is 5.32 Å². The summed E-state index contributed by atoms with van der Waals surface area (Å²) in [6.45, 7) is 3.66. The number of hydrogen-bond donors (Lipinski definition) is 4. The third kappa shape index (κ3) is 8.61. The summed E-state index contributed by atoms with van der Waals surface area (Å²) in [7, 11) is 1.56. The Bertz CT molecular complexity index is 985. The Morgan fingerprint density at radius 2 is 1.71 bits per heavy atom. The zero-order valence-corrected chi connectivity index (χ0v) is 19.4. The number of nitrogens with one attached hydrogen (secondary N) is 2. The predicted molar refractivity (Wildman–Crippen MR) is 127 cm³/mol. The minimum absolute atomic E-state index is 0.0952. The summed E-state index contributed by atoms with van der Waals surface area (Å²) in [6, 6.07) is 13.9. The fraction of sp³-hybridized carbons (Fsp3) is 0.280. The maximum absolute atomic E-state index is 12.7. The van der Waals surface area contributed by atoms with Crippen LogP contribution in [0.2, 0.25) is 0 Å². The van der Waals surface area contributed by atoms with Crippen LogP contribution < -0.4 is 20.3 Å². The van der Waals surface area contributed by atoms with Crippen molar-refractivity contribution in [3.8, 4) is 11.5 Å². The zero-order valence-electron chi connectivity index (χ0n) is 19.4. The maximum atomic E-state index is 12.7. The number of anilines is 1. The van der Waals surface area contributed by atoms with Gasteiger partial charge in [0.25, 0.3) is 5.91 Å². The zero-order chi connectivity index (χ0) is 24.9. The second kappa shape index (κ2) is 13.7. The first-order valence-corrected chi connectivity index (χ1v) is 10.6. The van der Waals surface area contributed by atoms with E-state index in [4.69, 9.17) is 24.5 Å². The molecule has 2 atom stereocenters. The second-order valence-corrected chi connectivity index (χ2v) is 7.40. The van der Waals surface area contributed by atoms with Crippen LogP contribution in [0.1, 0.15) is 25.5 Å². The fourth-order valence-corrected chi connectivity index (χ4v) is 3.02. The topological polar surface area (TPSA) is 126 Å². The number of methoxy groups -OCH3 is 1. The molecule has 2 aromatic carbocycles. The smallest absolute Gasteiger partial charge is 0.412 e. The first-order valence-electron chi connectivity index (χ1n) is 10.6. The van der Waals surface area contributed by atoms with Crippen LogP contribution in [0, 0.1) is 5.92 Å². The molecule has 0 fully saturated rings. The lowest BCUT2D eigenvalue weighted by Gasteiger charge is -2.23. The Hall–Kier alpha value is -3.82. The number of aliphatic hydroxyl groups excluding tert-OH is 1. The average Bonchev–Trinajstić information content (AvgIpc) is 2.85. The van der Waals surface area contributed by atoms with Gasteiger partial charge in [0.15, 0.2) is 0 Å². The van der Waals surface area contributed by atoms with Crippen molar-refractivity contribution >= 4 is 17.7 Å². The Labute approximate surface area is 198 Å². The van der Waals surface area contributed by atoms with Crippen LogP contribution in [-0.4, -0.2) is 42.6 Å². The molecule has 2 amide bonds. The lowest BCUT2D eigenvalue weighted by Crippen LogP contribution is -2.21. The molecule has 0 unspecified atom stereocenters. The standard InChI is InChI=1S/C25H30N2O7/c1-17(16-23(29)27-31)4-5-18(2)24(19-6-10-22(11-7-19)33-15-14-28)34-25(30)26-20-8-12-21(32-3)13-9-20/h4-13,16,18,24,28,31H,14-15H2,1-3H3,(H,26,30)(H,27,29)/b5-4+,17-16+/t18-,24+/m0/s1. The number of amides is 2. The van der Waals surface area contributed by atoms with Gasteiger partial charge in [-0.25, -0.2) is 10.3 Å². The Kier molecular flexibility index (Phi) is 10.6. The molecule has 9 heteroatoms. The van der Waals surface area contributed by atoms with Crippen LogP contribution in [0.4, 0.5) is 10.5 Å². The normalized spacial score (nSPS) is 13.1. The van der Waals surface area contributed by atoms with Crippen molar-refractivity contribution in [2.24, 2.45) is 5.92 Å². The summed E-state index contributed by atoms with van der Waals surface area (Å²) in [5.41, 5.74) is 3.43. The molecule has 0 aliphatic rings. The molecule has 0 saturated heterocycles. The number of hydroxylamine groups is 1. The molecule has 0 radical (unpaired) electrons. The van der Waals surface area contributed by atoms with E-state index in [0.717, 1.165) is 5.56 Å². The molecular weight excluding hydrogens is 440 g/mol. The van der Waals surface area contributed by atoms with Gasteiger partial charge in [-0.1, -0.05) is 31.2 Å². The first-order chi connectivity index (χ1) is 16.4. The van der Waals surface area contributed by atoms with E-state index in [-0.39, 0.29) is 19.1 Å². The molecule has 2 rings (SSSR count). The van der Waals surface area contributed by atoms with E-state index in [0.29, 0.717) is 22.8 Å². The molecule has 0 spiro atoms. The molecule has 0 aliphatic carbocycles. The van der Waals surface area contributed by atoms with E-state index in [1.165, 1.54) is 6.08 Å². The summed E-state index contributed by atoms with van der Waals surface area (Å²) in [6.07, 6.45) is 3.46. The highest BCUT2D eigenvalue weighted by molar-refractivity contribution is 5.87. The summed E-state index contributed by atoms with van der Waals surface area (Å²) in [5.74, 6) is 0.333. The van der Waals surface area contributed by atoms with E-state index < -0.39 is 18.1 Å².